The number of H-pyrrole nitrogens is 1. The number of carbonyl (C=O) groups excluding carboxylic acids is 1. The smallest absolute Gasteiger partial charge is 0.348 e. The van der Waals surface area contributed by atoms with E-state index in [2.05, 4.69) is 9.97 Å². The Balaban J connectivity index is 2.24. The number of hydrogen-bond donors (Lipinski definition) is 2. The van der Waals surface area contributed by atoms with Crippen molar-refractivity contribution in [2.45, 2.75) is 53.4 Å². The van der Waals surface area contributed by atoms with Gasteiger partial charge in [0, 0.05) is 13.2 Å². The van der Waals surface area contributed by atoms with Gasteiger partial charge in [0.15, 0.2) is 0 Å². The van der Waals surface area contributed by atoms with Crippen LogP contribution in [0.5, 0.6) is 0 Å². The summed E-state index contributed by atoms with van der Waals surface area (Å²) in [5, 5.41) is 10.5. The van der Waals surface area contributed by atoms with Gasteiger partial charge in [-0.05, 0) is 39.8 Å². The number of nitrogens with one attached hydrogen (secondary N) is 1. The number of fused-ring (bicyclic) bond motifs is 1. The lowest BCUT2D eigenvalue weighted by Crippen LogP contribution is -2.35. The summed E-state index contributed by atoms with van der Waals surface area (Å²) < 4.78 is 10.5. The molecule has 0 bridgehead atoms. The third-order valence-corrected chi connectivity index (χ3v) is 5.35. The van der Waals surface area contributed by atoms with Crippen LogP contribution in [0.15, 0.2) is 4.79 Å². The van der Waals surface area contributed by atoms with Crippen LogP contribution in [0.1, 0.15) is 48.8 Å². The quantitative estimate of drug-likeness (QED) is 0.577. The molecule has 0 aliphatic heterocycles. The molecular formula is C19H29N3O5S. The van der Waals surface area contributed by atoms with Gasteiger partial charge in [0.2, 0.25) is 0 Å². The predicted molar refractivity (Wildman–Crippen MR) is 109 cm³/mol. The maximum atomic E-state index is 12.6. The van der Waals surface area contributed by atoms with Gasteiger partial charge in [-0.1, -0.05) is 6.92 Å². The lowest BCUT2D eigenvalue weighted by atomic mass is 10.2. The second-order valence-corrected chi connectivity index (χ2v) is 7.84. The molecule has 8 nitrogen and oxygen atoms in total. The van der Waals surface area contributed by atoms with Crippen LogP contribution in [-0.4, -0.2) is 64.5 Å². The van der Waals surface area contributed by atoms with E-state index in [0.29, 0.717) is 52.7 Å². The second kappa shape index (κ2) is 10.1. The highest BCUT2D eigenvalue weighted by Crippen LogP contribution is 2.28. The molecule has 0 aliphatic rings. The Bertz CT molecular complexity index is 861. The molecule has 0 spiro atoms. The van der Waals surface area contributed by atoms with E-state index in [1.54, 1.807) is 20.8 Å². The van der Waals surface area contributed by atoms with Crippen LogP contribution < -0.4 is 5.56 Å². The van der Waals surface area contributed by atoms with Gasteiger partial charge in [0.05, 0.1) is 30.7 Å². The zero-order valence-corrected chi connectivity index (χ0v) is 17.9. The summed E-state index contributed by atoms with van der Waals surface area (Å²) in [7, 11) is 0. The fourth-order valence-corrected chi connectivity index (χ4v) is 3.93. The maximum absolute atomic E-state index is 12.6. The molecule has 9 heteroatoms. The summed E-state index contributed by atoms with van der Waals surface area (Å²) >= 11 is 1.17. The first-order valence-electron chi connectivity index (χ1n) is 9.48. The topological polar surface area (TPSA) is 105 Å². The van der Waals surface area contributed by atoms with Crippen LogP contribution in [0.25, 0.3) is 10.2 Å². The molecule has 0 fully saturated rings. The van der Waals surface area contributed by atoms with Gasteiger partial charge >= 0.3 is 5.97 Å². The number of aryl methyl sites for hydroxylation is 1. The van der Waals surface area contributed by atoms with E-state index in [4.69, 9.17) is 9.47 Å². The number of nitrogens with zero attached hydrogens (tertiary/aromatic N) is 2. The van der Waals surface area contributed by atoms with E-state index in [0.717, 1.165) is 0 Å². The van der Waals surface area contributed by atoms with Crippen LogP contribution in [0.3, 0.4) is 0 Å². The van der Waals surface area contributed by atoms with E-state index in [1.807, 2.05) is 18.7 Å². The molecule has 2 rings (SSSR count). The monoisotopic (exact) mass is 411 g/mol. The summed E-state index contributed by atoms with van der Waals surface area (Å²) in [6, 6.07) is 0. The van der Waals surface area contributed by atoms with E-state index < -0.39 is 12.1 Å². The van der Waals surface area contributed by atoms with E-state index >= 15 is 0 Å². The molecule has 0 saturated carbocycles. The number of hydrogen-bond acceptors (Lipinski definition) is 8. The van der Waals surface area contributed by atoms with Crippen molar-refractivity contribution in [1.82, 2.24) is 14.9 Å². The Hall–Kier alpha value is -1.81. The number of likely N-dealkylation sites (N-methyl/N-ethyl adjacent to an activating group) is 1. The van der Waals surface area contributed by atoms with Crippen LogP contribution in [0, 0.1) is 6.92 Å². The minimum atomic E-state index is -0.614. The fraction of sp³-hybridized carbons (Fsp3) is 0.632. The van der Waals surface area contributed by atoms with Crippen LogP contribution >= 0.6 is 11.3 Å². The molecule has 0 aliphatic carbocycles. The fourth-order valence-electron chi connectivity index (χ4n) is 2.85. The molecule has 156 valence electrons. The lowest BCUT2D eigenvalue weighted by Gasteiger charge is -2.22. The van der Waals surface area contributed by atoms with Crippen molar-refractivity contribution in [3.05, 3.63) is 26.6 Å². The van der Waals surface area contributed by atoms with Gasteiger partial charge in [-0.25, -0.2) is 9.78 Å². The average molecular weight is 412 g/mol. The highest BCUT2D eigenvalue weighted by atomic mass is 32.1. The van der Waals surface area contributed by atoms with Crippen LogP contribution in [0.4, 0.5) is 0 Å². The first-order valence-corrected chi connectivity index (χ1v) is 10.3. The van der Waals surface area contributed by atoms with Crippen molar-refractivity contribution in [3.63, 3.8) is 0 Å². The highest BCUT2D eigenvalue weighted by Gasteiger charge is 2.21. The molecule has 2 aromatic heterocycles. The predicted octanol–water partition coefficient (Wildman–Crippen LogP) is 2.08. The first-order chi connectivity index (χ1) is 13.3. The number of thiophene rings is 1. The molecule has 2 aromatic rings. The number of aliphatic hydroxyl groups is 1. The summed E-state index contributed by atoms with van der Waals surface area (Å²) in [6.45, 7) is 11.4. The minimum Gasteiger partial charge on any atom is -0.459 e. The molecule has 2 heterocycles. The van der Waals surface area contributed by atoms with E-state index in [9.17, 15) is 14.7 Å². The lowest BCUT2D eigenvalue weighted by molar-refractivity contribution is 0.0202. The minimum absolute atomic E-state index is 0.236. The number of esters is 1. The van der Waals surface area contributed by atoms with Crippen molar-refractivity contribution < 1.29 is 19.4 Å². The van der Waals surface area contributed by atoms with Gasteiger partial charge in [-0.2, -0.15) is 0 Å². The molecule has 0 saturated heterocycles. The van der Waals surface area contributed by atoms with E-state index in [-0.39, 0.29) is 18.3 Å². The summed E-state index contributed by atoms with van der Waals surface area (Å²) in [6.07, 6.45) is -0.850. The summed E-state index contributed by atoms with van der Waals surface area (Å²) in [5.74, 6) is 0.0543. The number of aliphatic hydroxyl groups excluding tert-OH is 1. The second-order valence-electron chi connectivity index (χ2n) is 6.84. The molecule has 2 N–H and O–H groups in total. The number of aromatic amines is 1. The number of ether oxygens (including phenoxy) is 2. The Morgan fingerprint density at radius 3 is 2.68 bits per heavy atom. The normalized spacial score (nSPS) is 12.9. The molecule has 0 aromatic carbocycles. The molecule has 0 amide bonds. The Morgan fingerprint density at radius 2 is 2.07 bits per heavy atom. The molecule has 1 atom stereocenters. The van der Waals surface area contributed by atoms with E-state index in [1.165, 1.54) is 11.3 Å². The zero-order chi connectivity index (χ0) is 20.8. The van der Waals surface area contributed by atoms with Gasteiger partial charge < -0.3 is 19.6 Å². The van der Waals surface area contributed by atoms with Crippen LogP contribution in [-0.2, 0) is 16.0 Å². The Kier molecular flexibility index (Phi) is 8.11. The van der Waals surface area contributed by atoms with Crippen molar-refractivity contribution in [2.75, 3.05) is 26.3 Å². The first kappa shape index (κ1) is 22.5. The Labute approximate surface area is 168 Å². The largest absolute Gasteiger partial charge is 0.459 e. The standard InChI is InChI=1S/C19H29N3O5S/c1-6-22(8-13(23)10-26-7-2)9-14-20-17(24)15-12(5)16(28-18(15)21-14)19(25)27-11(3)4/h11,13,23H,6-10H2,1-5H3,(H,20,21,24)/t13-/m1/s1. The highest BCUT2D eigenvalue weighted by molar-refractivity contribution is 7.20. The van der Waals surface area contributed by atoms with Gasteiger partial charge in [0.1, 0.15) is 15.5 Å². The number of carbonyl (C=O) groups is 1. The molecule has 0 unspecified atom stereocenters. The van der Waals surface area contributed by atoms with Gasteiger partial charge in [-0.3, -0.25) is 9.69 Å². The third kappa shape index (κ3) is 5.60. The van der Waals surface area contributed by atoms with Crippen molar-refractivity contribution in [2.24, 2.45) is 0 Å². The average Bonchev–Trinajstić information content (AvgIpc) is 2.96. The van der Waals surface area contributed by atoms with Gasteiger partial charge in [-0.15, -0.1) is 11.3 Å². The van der Waals surface area contributed by atoms with Gasteiger partial charge in [0.25, 0.3) is 5.56 Å². The van der Waals surface area contributed by atoms with Crippen molar-refractivity contribution in [3.8, 4) is 0 Å². The summed E-state index contributed by atoms with van der Waals surface area (Å²) in [5.41, 5.74) is 0.314. The van der Waals surface area contributed by atoms with Crippen molar-refractivity contribution in [1.29, 1.82) is 0 Å². The van der Waals surface area contributed by atoms with Crippen LogP contribution in [0.2, 0.25) is 0 Å². The molecule has 0 radical (unpaired) electrons. The Morgan fingerprint density at radius 1 is 1.36 bits per heavy atom. The zero-order valence-electron chi connectivity index (χ0n) is 17.1. The molecular weight excluding hydrogens is 382 g/mol. The number of rotatable bonds is 10. The SMILES string of the molecule is CCOC[C@H](O)CN(CC)Cc1nc2sc(C(=O)OC(C)C)c(C)c2c(=O)[nH]1. The molecule has 28 heavy (non-hydrogen) atoms. The third-order valence-electron chi connectivity index (χ3n) is 4.18. The maximum Gasteiger partial charge on any atom is 0.348 e. The number of aromatic nitrogens is 2. The van der Waals surface area contributed by atoms with Crippen molar-refractivity contribution >= 4 is 27.5 Å². The summed E-state index contributed by atoms with van der Waals surface area (Å²) in [4.78, 5) is 35.1.